The minimum absolute atomic E-state index is 0.0316. The van der Waals surface area contributed by atoms with Crippen LogP contribution in [0.4, 0.5) is 0 Å². The first-order chi connectivity index (χ1) is 18.6. The van der Waals surface area contributed by atoms with Gasteiger partial charge in [0.25, 0.3) is 0 Å². The van der Waals surface area contributed by atoms with Crippen molar-refractivity contribution >= 4 is 29.5 Å². The van der Waals surface area contributed by atoms with Gasteiger partial charge in [-0.05, 0) is 64.5 Å². The van der Waals surface area contributed by atoms with Crippen molar-refractivity contribution in [3.63, 3.8) is 0 Å². The van der Waals surface area contributed by atoms with E-state index in [-0.39, 0.29) is 23.2 Å². The minimum Gasteiger partial charge on any atom is -0.493 e. The molecule has 0 radical (unpaired) electrons. The predicted octanol–water partition coefficient (Wildman–Crippen LogP) is 4.17. The van der Waals surface area contributed by atoms with Gasteiger partial charge in [-0.15, -0.1) is 0 Å². The summed E-state index contributed by atoms with van der Waals surface area (Å²) in [5.41, 5.74) is -0.561. The molecular formula is C31H38O9. The molecule has 40 heavy (non-hydrogen) atoms. The topological polar surface area (TPSA) is 122 Å². The van der Waals surface area contributed by atoms with Gasteiger partial charge in [0.05, 0.1) is 7.11 Å². The van der Waals surface area contributed by atoms with Gasteiger partial charge in [0.15, 0.2) is 11.5 Å². The molecule has 9 heteroatoms. The van der Waals surface area contributed by atoms with Crippen molar-refractivity contribution in [1.29, 1.82) is 0 Å². The summed E-state index contributed by atoms with van der Waals surface area (Å²) >= 11 is 0. The quantitative estimate of drug-likeness (QED) is 0.280. The van der Waals surface area contributed by atoms with E-state index >= 15 is 0 Å². The molecule has 0 bridgehead atoms. The van der Waals surface area contributed by atoms with E-state index in [1.54, 1.807) is 47.6 Å². The Morgan fingerprint density at radius 1 is 1.02 bits per heavy atom. The number of allylic oxidation sites excluding steroid dienone is 5. The predicted molar refractivity (Wildman–Crippen MR) is 143 cm³/mol. The summed E-state index contributed by atoms with van der Waals surface area (Å²) in [5, 5.41) is 0. The number of esters is 3. The molecule has 0 spiro atoms. The second-order valence-electron chi connectivity index (χ2n) is 12.3. The summed E-state index contributed by atoms with van der Waals surface area (Å²) < 4.78 is 22.7. The fraction of sp³-hybridized carbons (Fsp3) is 0.581. The zero-order valence-electron chi connectivity index (χ0n) is 24.6. The Labute approximate surface area is 234 Å². The van der Waals surface area contributed by atoms with Gasteiger partial charge in [0, 0.05) is 34.8 Å². The summed E-state index contributed by atoms with van der Waals surface area (Å²) in [6.45, 7) is 14.1. The third kappa shape index (κ3) is 4.34. The smallest absolute Gasteiger partial charge is 0.348 e. The van der Waals surface area contributed by atoms with E-state index in [1.807, 2.05) is 13.8 Å². The molecule has 0 unspecified atom stereocenters. The Morgan fingerprint density at radius 2 is 1.62 bits per heavy atom. The number of Topliss-reactive ketones (excluding diaryl/α,β-unsaturated/α-hetero) is 2. The van der Waals surface area contributed by atoms with Crippen molar-refractivity contribution in [3.05, 3.63) is 46.5 Å². The van der Waals surface area contributed by atoms with Crippen LogP contribution in [-0.2, 0) is 42.9 Å². The lowest BCUT2D eigenvalue weighted by atomic mass is 9.40. The average Bonchev–Trinajstić information content (AvgIpc) is 2.81. The zero-order valence-corrected chi connectivity index (χ0v) is 24.6. The largest absolute Gasteiger partial charge is 0.493 e. The van der Waals surface area contributed by atoms with Gasteiger partial charge in [-0.3, -0.25) is 9.59 Å². The molecule has 1 saturated carbocycles. The number of ketones is 2. The molecule has 2 fully saturated rings. The highest BCUT2D eigenvalue weighted by atomic mass is 16.6. The van der Waals surface area contributed by atoms with Gasteiger partial charge in [-0.25, -0.2) is 14.4 Å². The molecule has 0 amide bonds. The number of ether oxygens (including phenoxy) is 4. The number of carbonyl (C=O) groups is 5. The molecule has 9 nitrogen and oxygen atoms in total. The highest BCUT2D eigenvalue weighted by Crippen LogP contribution is 2.67. The normalized spacial score (nSPS) is 36.3. The lowest BCUT2D eigenvalue weighted by Gasteiger charge is -2.64. The lowest BCUT2D eigenvalue weighted by Crippen LogP contribution is -2.72. The van der Waals surface area contributed by atoms with Crippen molar-refractivity contribution < 1.29 is 42.9 Å². The second kappa shape index (κ2) is 10.2. The second-order valence-corrected chi connectivity index (χ2v) is 12.3. The molecule has 1 saturated heterocycles. The third-order valence-corrected chi connectivity index (χ3v) is 9.16. The van der Waals surface area contributed by atoms with Gasteiger partial charge in [0.2, 0.25) is 17.7 Å². The Hall–Kier alpha value is -3.49. The number of hydrogen-bond acceptors (Lipinski definition) is 9. The van der Waals surface area contributed by atoms with E-state index in [9.17, 15) is 24.0 Å². The summed E-state index contributed by atoms with van der Waals surface area (Å²) in [6, 6.07) is 0. The molecule has 0 aromatic rings. The number of rotatable bonds is 5. The van der Waals surface area contributed by atoms with Crippen molar-refractivity contribution in [2.24, 2.45) is 34.5 Å². The first kappa shape index (κ1) is 29.5. The van der Waals surface area contributed by atoms with E-state index in [1.165, 1.54) is 19.3 Å². The number of hydrogen-bond donors (Lipinski definition) is 0. The van der Waals surface area contributed by atoms with Crippen molar-refractivity contribution in [2.45, 2.75) is 74.0 Å². The first-order valence-electron chi connectivity index (χ1n) is 13.6. The zero-order chi connectivity index (χ0) is 29.9. The van der Waals surface area contributed by atoms with Crippen LogP contribution in [0.3, 0.4) is 0 Å². The van der Waals surface area contributed by atoms with E-state index in [4.69, 9.17) is 18.9 Å². The molecular weight excluding hydrogens is 516 g/mol. The van der Waals surface area contributed by atoms with Crippen LogP contribution in [0.1, 0.15) is 61.8 Å². The summed E-state index contributed by atoms with van der Waals surface area (Å²) in [7, 11) is 1.36. The maximum atomic E-state index is 14.3. The number of fused-ring (bicyclic) bond motifs is 2. The Balaban J connectivity index is 1.89. The highest BCUT2D eigenvalue weighted by molar-refractivity contribution is 6.08. The third-order valence-electron chi connectivity index (χ3n) is 9.16. The molecule has 8 atom stereocenters. The molecule has 0 aromatic carbocycles. The Kier molecular flexibility index (Phi) is 7.49. The minimum atomic E-state index is -1.34. The first-order valence-corrected chi connectivity index (χ1v) is 13.6. The van der Waals surface area contributed by atoms with Gasteiger partial charge < -0.3 is 18.9 Å². The van der Waals surface area contributed by atoms with Crippen LogP contribution in [0.25, 0.3) is 0 Å². The van der Waals surface area contributed by atoms with Crippen LogP contribution in [0.15, 0.2) is 46.5 Å². The van der Waals surface area contributed by atoms with E-state index in [0.29, 0.717) is 23.1 Å². The van der Waals surface area contributed by atoms with Crippen molar-refractivity contribution in [1.82, 2.24) is 0 Å². The maximum absolute atomic E-state index is 14.3. The maximum Gasteiger partial charge on any atom is 0.348 e. The summed E-state index contributed by atoms with van der Waals surface area (Å²) in [6.07, 6.45) is 2.45. The number of carbonyl (C=O) groups excluding carboxylic acids is 5. The van der Waals surface area contributed by atoms with Gasteiger partial charge in [0.1, 0.15) is 6.10 Å². The van der Waals surface area contributed by atoms with Crippen LogP contribution < -0.4 is 0 Å². The van der Waals surface area contributed by atoms with E-state index in [2.05, 4.69) is 0 Å². The lowest BCUT2D eigenvalue weighted by molar-refractivity contribution is -0.237. The standard InChI is InChI=1S/C31H38O9/c1-14(2)10-21(32)38-19-12-16(5)18-13-20-31(8)23(26(29(36)39-20)40-22(33)11-15(3)4)17(6)25(37-9)24(34)27(31)30(18,7)28(19)35/h10-12,16,18,20,23,26-27H,13H2,1-9H3/t16-,18+,20-,23-,26-,27-,30+,31+/m1/s1. The molecule has 0 N–H and O–H groups in total. The van der Waals surface area contributed by atoms with Crippen molar-refractivity contribution in [3.8, 4) is 0 Å². The highest BCUT2D eigenvalue weighted by Gasteiger charge is 2.74. The monoisotopic (exact) mass is 554 g/mol. The summed E-state index contributed by atoms with van der Waals surface area (Å²) in [4.78, 5) is 67.1. The SMILES string of the molecule is COC1=C(C)[C@@H]2[C@@H](OC(=O)C=C(C)C)C(=O)O[C@@H]3C[C@H]4[C@H](C)C=C(OC(=O)C=C(C)C)C(=O)[C@]4(C)[C@@H](C1=O)[C@]23C. The van der Waals surface area contributed by atoms with Crippen molar-refractivity contribution in [2.75, 3.05) is 7.11 Å². The fourth-order valence-corrected chi connectivity index (χ4v) is 7.70. The average molecular weight is 555 g/mol. The van der Waals surface area contributed by atoms with Gasteiger partial charge >= 0.3 is 17.9 Å². The molecule has 0 aromatic heterocycles. The Morgan fingerprint density at radius 3 is 2.20 bits per heavy atom. The van der Waals surface area contributed by atoms with Crippen LogP contribution in [0.5, 0.6) is 0 Å². The van der Waals surface area contributed by atoms with Gasteiger partial charge in [-0.1, -0.05) is 31.9 Å². The number of methoxy groups -OCH3 is 1. The van der Waals surface area contributed by atoms with Gasteiger partial charge in [-0.2, -0.15) is 0 Å². The van der Waals surface area contributed by atoms with E-state index < -0.39 is 64.5 Å². The van der Waals surface area contributed by atoms with E-state index in [0.717, 1.165) is 0 Å². The molecule has 4 aliphatic rings. The van der Waals surface area contributed by atoms with Crippen LogP contribution in [-0.4, -0.2) is 48.8 Å². The van der Waals surface area contributed by atoms with Crippen LogP contribution in [0, 0.1) is 34.5 Å². The molecule has 4 rings (SSSR count). The molecule has 3 aliphatic carbocycles. The van der Waals surface area contributed by atoms with Crippen LogP contribution in [0.2, 0.25) is 0 Å². The van der Waals surface area contributed by atoms with Crippen LogP contribution >= 0.6 is 0 Å². The fourth-order valence-electron chi connectivity index (χ4n) is 7.70. The Bertz CT molecular complexity index is 1310. The molecule has 1 heterocycles. The molecule has 216 valence electrons. The molecule has 1 aliphatic heterocycles. The summed E-state index contributed by atoms with van der Waals surface area (Å²) in [5.74, 6) is -5.47.